The van der Waals surface area contributed by atoms with Crippen LogP contribution in [0.5, 0.6) is 5.75 Å². The summed E-state index contributed by atoms with van der Waals surface area (Å²) >= 11 is 0. The van der Waals surface area contributed by atoms with Crippen molar-refractivity contribution in [1.29, 1.82) is 0 Å². The van der Waals surface area contributed by atoms with E-state index in [0.717, 1.165) is 17.9 Å². The molecule has 0 saturated heterocycles. The number of imide groups is 1. The Morgan fingerprint density at radius 3 is 1.85 bits per heavy atom. The molecule has 0 heterocycles. The third-order valence-corrected chi connectivity index (χ3v) is 9.28. The molecule has 62 heavy (non-hydrogen) atoms. The first kappa shape index (κ1) is 49.1. The lowest BCUT2D eigenvalue weighted by Gasteiger charge is -2.30. The van der Waals surface area contributed by atoms with Crippen molar-refractivity contribution >= 4 is 59.1 Å². The maximum Gasteiger partial charge on any atom is 0.253 e. The molecule has 13 N–H and O–H groups in total. The van der Waals surface area contributed by atoms with Crippen molar-refractivity contribution in [3.63, 3.8) is 0 Å². The molecule has 0 fully saturated rings. The summed E-state index contributed by atoms with van der Waals surface area (Å²) in [5.74, 6) is -5.31. The van der Waals surface area contributed by atoms with Crippen LogP contribution in [0.25, 0.3) is 6.08 Å². The molecule has 3 rings (SSSR count). The van der Waals surface area contributed by atoms with E-state index in [2.05, 4.69) is 25.9 Å². The van der Waals surface area contributed by atoms with E-state index in [1.807, 2.05) is 13.8 Å². The second-order valence-electron chi connectivity index (χ2n) is 14.8. The van der Waals surface area contributed by atoms with Crippen LogP contribution >= 0.6 is 0 Å². The van der Waals surface area contributed by atoms with Crippen LogP contribution in [-0.4, -0.2) is 90.1 Å². The molecule has 18 nitrogen and oxygen atoms in total. The zero-order valence-electron chi connectivity index (χ0n) is 35.2. The number of halogens is 1. The SMILES string of the molecule is COc1ccc(/C=C/C(=O)N(C(C)=O)C(Cc2ccc(F)cc2)C(=O)NC(Cc2ccc(N=C(N)N)cc2)C(=O)NC(CC(C)C)C(=O)NC(CCCN=C(N)N)C(N)=O)cc1. The summed E-state index contributed by atoms with van der Waals surface area (Å²) in [6.07, 6.45) is 2.70. The minimum Gasteiger partial charge on any atom is -0.497 e. The highest BCUT2D eigenvalue weighted by Gasteiger charge is 2.36. The van der Waals surface area contributed by atoms with Gasteiger partial charge in [-0.05, 0) is 84.3 Å². The number of nitrogens with two attached hydrogens (primary N) is 5. The van der Waals surface area contributed by atoms with Crippen molar-refractivity contribution in [3.8, 4) is 5.75 Å². The topological polar surface area (TPSA) is 306 Å². The number of hydrogen-bond acceptors (Lipinski definition) is 9. The predicted molar refractivity (Wildman–Crippen MR) is 233 cm³/mol. The van der Waals surface area contributed by atoms with E-state index in [-0.39, 0.29) is 50.1 Å². The summed E-state index contributed by atoms with van der Waals surface area (Å²) in [5.41, 5.74) is 29.3. The molecule has 3 aromatic rings. The zero-order valence-corrected chi connectivity index (χ0v) is 35.2. The molecule has 0 aliphatic rings. The number of nitrogens with zero attached hydrogens (tertiary/aromatic N) is 3. The second-order valence-corrected chi connectivity index (χ2v) is 14.8. The highest BCUT2D eigenvalue weighted by Crippen LogP contribution is 2.18. The lowest BCUT2D eigenvalue weighted by atomic mass is 9.99. The van der Waals surface area contributed by atoms with Crippen LogP contribution in [0.4, 0.5) is 10.1 Å². The minimum atomic E-state index is -1.55. The fraction of sp³-hybridized carbons (Fsp3) is 0.349. The van der Waals surface area contributed by atoms with Crippen LogP contribution in [-0.2, 0) is 41.6 Å². The van der Waals surface area contributed by atoms with Gasteiger partial charge in [0.05, 0.1) is 12.8 Å². The summed E-state index contributed by atoms with van der Waals surface area (Å²) in [6, 6.07) is 13.0. The minimum absolute atomic E-state index is 0.102. The third kappa shape index (κ3) is 16.4. The molecule has 19 heteroatoms. The van der Waals surface area contributed by atoms with Gasteiger partial charge in [0.25, 0.3) is 5.91 Å². The quantitative estimate of drug-likeness (QED) is 0.0305. The van der Waals surface area contributed by atoms with Gasteiger partial charge in [0.1, 0.15) is 35.7 Å². The lowest BCUT2D eigenvalue weighted by Crippen LogP contribution is -2.59. The number of amides is 6. The van der Waals surface area contributed by atoms with E-state index in [9.17, 15) is 33.2 Å². The number of guanidine groups is 2. The predicted octanol–water partition coefficient (Wildman–Crippen LogP) is 1.02. The van der Waals surface area contributed by atoms with Gasteiger partial charge in [-0.25, -0.2) is 9.38 Å². The van der Waals surface area contributed by atoms with Crippen LogP contribution in [0.3, 0.4) is 0 Å². The Morgan fingerprint density at radius 2 is 1.31 bits per heavy atom. The molecule has 0 saturated carbocycles. The lowest BCUT2D eigenvalue weighted by molar-refractivity contribution is -0.148. The molecular weight excluding hydrogens is 802 g/mol. The number of carbonyl (C=O) groups is 6. The van der Waals surface area contributed by atoms with Crippen LogP contribution in [0.2, 0.25) is 0 Å². The number of aliphatic imine (C=N–C) groups is 2. The summed E-state index contributed by atoms with van der Waals surface area (Å²) in [5, 5.41) is 8.03. The van der Waals surface area contributed by atoms with Crippen LogP contribution in [0.15, 0.2) is 88.9 Å². The molecule has 0 radical (unpaired) electrons. The molecule has 332 valence electrons. The van der Waals surface area contributed by atoms with Crippen molar-refractivity contribution in [2.24, 2.45) is 44.6 Å². The normalized spacial score (nSPS) is 12.9. The van der Waals surface area contributed by atoms with Crippen molar-refractivity contribution in [2.45, 2.75) is 77.0 Å². The Hall–Kier alpha value is -7.31. The van der Waals surface area contributed by atoms with Crippen molar-refractivity contribution in [1.82, 2.24) is 20.9 Å². The Morgan fingerprint density at radius 1 is 0.742 bits per heavy atom. The molecule has 0 aliphatic carbocycles. The zero-order chi connectivity index (χ0) is 45.9. The fourth-order valence-electron chi connectivity index (χ4n) is 6.24. The maximum atomic E-state index is 14.5. The van der Waals surface area contributed by atoms with Gasteiger partial charge >= 0.3 is 0 Å². The Balaban J connectivity index is 2.03. The highest BCUT2D eigenvalue weighted by molar-refractivity contribution is 6.06. The molecule has 6 amide bonds. The molecule has 0 spiro atoms. The molecule has 3 aromatic carbocycles. The van der Waals surface area contributed by atoms with Gasteiger partial charge in [0.15, 0.2) is 11.9 Å². The van der Waals surface area contributed by atoms with Crippen molar-refractivity contribution < 1.29 is 37.9 Å². The summed E-state index contributed by atoms with van der Waals surface area (Å²) in [7, 11) is 1.51. The van der Waals surface area contributed by atoms with E-state index >= 15 is 0 Å². The van der Waals surface area contributed by atoms with E-state index in [0.29, 0.717) is 34.5 Å². The van der Waals surface area contributed by atoms with E-state index < -0.39 is 65.4 Å². The number of methoxy groups -OCH3 is 1. The molecule has 0 aliphatic heterocycles. The first-order valence-electron chi connectivity index (χ1n) is 19.7. The van der Waals surface area contributed by atoms with Gasteiger partial charge in [-0.1, -0.05) is 50.2 Å². The van der Waals surface area contributed by atoms with Crippen LogP contribution in [0, 0.1) is 11.7 Å². The molecule has 0 bridgehead atoms. The number of primary amides is 1. The van der Waals surface area contributed by atoms with E-state index in [1.54, 1.807) is 48.5 Å². The van der Waals surface area contributed by atoms with Gasteiger partial charge in [-0.15, -0.1) is 0 Å². The smallest absolute Gasteiger partial charge is 0.253 e. The Bertz CT molecular complexity index is 2100. The second kappa shape index (κ2) is 24.1. The average Bonchev–Trinajstić information content (AvgIpc) is 3.21. The summed E-state index contributed by atoms with van der Waals surface area (Å²) in [6.45, 7) is 4.93. The van der Waals surface area contributed by atoms with Gasteiger partial charge in [-0.2, -0.15) is 0 Å². The van der Waals surface area contributed by atoms with Gasteiger partial charge < -0.3 is 49.4 Å². The number of benzene rings is 3. The Kier molecular flexibility index (Phi) is 19.0. The standard InChI is InChI=1S/C43H56FN11O7/c1-25(2)22-34(39(59)52-33(38(45)58)6-5-21-50-42(46)47)53-40(60)35(23-28-9-16-31(17-10-28)51-43(48)49)54-41(61)36(24-29-7-14-30(44)15-8-29)55(26(3)56)37(57)20-13-27-11-18-32(62-4)19-12-27/h7-20,25,33-36H,5-6,21-24H2,1-4H3,(H2,45,58)(H,52,59)(H,53,60)(H,54,61)(H4,46,47,50)(H4,48,49,51)/b20-13+. The number of hydrogen-bond donors (Lipinski definition) is 8. The summed E-state index contributed by atoms with van der Waals surface area (Å²) in [4.78, 5) is 90.7. The molecule has 4 atom stereocenters. The van der Waals surface area contributed by atoms with E-state index in [1.165, 1.54) is 37.5 Å². The first-order valence-corrected chi connectivity index (χ1v) is 19.7. The van der Waals surface area contributed by atoms with Gasteiger partial charge in [0, 0.05) is 32.4 Å². The van der Waals surface area contributed by atoms with Crippen LogP contribution in [0.1, 0.15) is 56.7 Å². The molecular formula is C43H56FN11O7. The molecule has 0 aromatic heterocycles. The number of carbonyl (C=O) groups excluding carboxylic acids is 6. The monoisotopic (exact) mass is 857 g/mol. The van der Waals surface area contributed by atoms with Gasteiger partial charge in [0.2, 0.25) is 29.5 Å². The van der Waals surface area contributed by atoms with Crippen molar-refractivity contribution in [2.75, 3.05) is 13.7 Å². The fourth-order valence-corrected chi connectivity index (χ4v) is 6.24. The van der Waals surface area contributed by atoms with Crippen molar-refractivity contribution in [3.05, 3.63) is 101 Å². The average molecular weight is 858 g/mol. The Labute approximate surface area is 359 Å². The third-order valence-electron chi connectivity index (χ3n) is 9.28. The number of nitrogens with one attached hydrogen (secondary N) is 3. The van der Waals surface area contributed by atoms with E-state index in [4.69, 9.17) is 33.4 Å². The maximum absolute atomic E-state index is 14.5. The number of rotatable bonds is 22. The first-order chi connectivity index (χ1) is 29.4. The largest absolute Gasteiger partial charge is 0.497 e. The number of ether oxygens (including phenoxy) is 1. The molecule has 4 unspecified atom stereocenters. The summed E-state index contributed by atoms with van der Waals surface area (Å²) < 4.78 is 19.1. The van der Waals surface area contributed by atoms with Gasteiger partial charge in [-0.3, -0.25) is 38.7 Å². The highest BCUT2D eigenvalue weighted by atomic mass is 19.1. The van der Waals surface area contributed by atoms with Crippen LogP contribution < -0.4 is 49.4 Å².